The molecule has 0 aliphatic rings. The number of carbonyl (C=O) groups is 1. The molecule has 0 saturated heterocycles. The topological polar surface area (TPSA) is 76.2 Å². The molecule has 0 radical (unpaired) electrons. The zero-order valence-electron chi connectivity index (χ0n) is 7.57. The van der Waals surface area contributed by atoms with Crippen LogP contribution in [0.3, 0.4) is 0 Å². The summed E-state index contributed by atoms with van der Waals surface area (Å²) in [4.78, 5) is 10.8. The van der Waals surface area contributed by atoms with E-state index in [1.165, 1.54) is 25.6 Å². The van der Waals surface area contributed by atoms with E-state index in [4.69, 9.17) is 9.52 Å². The van der Waals surface area contributed by atoms with E-state index in [1.807, 2.05) is 0 Å². The van der Waals surface area contributed by atoms with Crippen LogP contribution in [0.5, 0.6) is 0 Å². The minimum absolute atomic E-state index is 0.129. The lowest BCUT2D eigenvalue weighted by molar-refractivity contribution is -0.143. The number of aliphatic carboxylic acids is 1. The second-order valence-electron chi connectivity index (χ2n) is 3.01. The van der Waals surface area contributed by atoms with Crippen molar-refractivity contribution in [3.8, 4) is 0 Å². The van der Waals surface area contributed by atoms with Gasteiger partial charge in [0.25, 0.3) is 5.22 Å². The first-order chi connectivity index (χ1) is 5.98. The number of aromatic nitrogens is 2. The third-order valence-electron chi connectivity index (χ3n) is 1.65. The van der Waals surface area contributed by atoms with Gasteiger partial charge in [-0.3, -0.25) is 4.79 Å². The SMILES string of the molecule is CSc1nnc(C(C)(C)C(=O)O)o1. The van der Waals surface area contributed by atoms with Gasteiger partial charge in [-0.25, -0.2) is 0 Å². The first-order valence-corrected chi connectivity index (χ1v) is 4.82. The lowest BCUT2D eigenvalue weighted by atomic mass is 9.94. The average Bonchev–Trinajstić information content (AvgIpc) is 2.51. The van der Waals surface area contributed by atoms with E-state index in [9.17, 15) is 4.79 Å². The van der Waals surface area contributed by atoms with Crippen LogP contribution in [0.2, 0.25) is 0 Å². The molecule has 0 aliphatic heterocycles. The highest BCUT2D eigenvalue weighted by Gasteiger charge is 2.35. The molecule has 0 spiro atoms. The van der Waals surface area contributed by atoms with Crippen molar-refractivity contribution in [3.05, 3.63) is 5.89 Å². The Bertz CT molecular complexity index is 321. The third kappa shape index (κ3) is 1.82. The Hall–Kier alpha value is -1.04. The lowest BCUT2D eigenvalue weighted by Gasteiger charge is -2.12. The van der Waals surface area contributed by atoms with E-state index < -0.39 is 11.4 Å². The van der Waals surface area contributed by atoms with Crippen molar-refractivity contribution in [2.75, 3.05) is 6.26 Å². The molecule has 5 nitrogen and oxygen atoms in total. The number of hydrogen-bond acceptors (Lipinski definition) is 5. The molecule has 0 aliphatic carbocycles. The van der Waals surface area contributed by atoms with Crippen LogP contribution >= 0.6 is 11.8 Å². The van der Waals surface area contributed by atoms with E-state index in [0.29, 0.717) is 5.22 Å². The van der Waals surface area contributed by atoms with Gasteiger partial charge in [0.15, 0.2) is 0 Å². The molecule has 0 unspecified atom stereocenters. The summed E-state index contributed by atoms with van der Waals surface area (Å²) in [5, 5.41) is 16.5. The fourth-order valence-electron chi connectivity index (χ4n) is 0.636. The number of rotatable bonds is 3. The van der Waals surface area contributed by atoms with Crippen molar-refractivity contribution < 1.29 is 14.3 Å². The number of carboxylic acid groups (broad SMARTS) is 1. The monoisotopic (exact) mass is 202 g/mol. The molecule has 0 saturated carbocycles. The predicted molar refractivity (Wildman–Crippen MR) is 46.7 cm³/mol. The van der Waals surface area contributed by atoms with Gasteiger partial charge in [-0.1, -0.05) is 11.8 Å². The molecular formula is C7H10N2O3S. The molecule has 1 rings (SSSR count). The zero-order chi connectivity index (χ0) is 10.1. The fourth-order valence-corrected chi connectivity index (χ4v) is 0.921. The van der Waals surface area contributed by atoms with Gasteiger partial charge in [-0.05, 0) is 20.1 Å². The molecule has 13 heavy (non-hydrogen) atoms. The normalized spacial score (nSPS) is 11.6. The minimum Gasteiger partial charge on any atom is -0.480 e. The fraction of sp³-hybridized carbons (Fsp3) is 0.571. The first kappa shape index (κ1) is 10.0. The van der Waals surface area contributed by atoms with Gasteiger partial charge in [0.2, 0.25) is 5.89 Å². The maximum absolute atomic E-state index is 10.8. The molecule has 6 heteroatoms. The van der Waals surface area contributed by atoms with Crippen molar-refractivity contribution >= 4 is 17.7 Å². The standard InChI is InChI=1S/C7H10N2O3S/c1-7(2,5(10)11)4-8-9-6(12-4)13-3/h1-3H3,(H,10,11). The Balaban J connectivity index is 3.00. The average molecular weight is 202 g/mol. The summed E-state index contributed by atoms with van der Waals surface area (Å²) in [6, 6.07) is 0. The second kappa shape index (κ2) is 3.37. The molecule has 0 fully saturated rings. The molecule has 0 bridgehead atoms. The zero-order valence-corrected chi connectivity index (χ0v) is 8.38. The first-order valence-electron chi connectivity index (χ1n) is 3.60. The lowest BCUT2D eigenvalue weighted by Crippen LogP contribution is -2.28. The van der Waals surface area contributed by atoms with Crippen LogP contribution in [0, 0.1) is 0 Å². The number of nitrogens with zero attached hydrogens (tertiary/aromatic N) is 2. The summed E-state index contributed by atoms with van der Waals surface area (Å²) in [7, 11) is 0. The summed E-state index contributed by atoms with van der Waals surface area (Å²) < 4.78 is 5.12. The van der Waals surface area contributed by atoms with E-state index in [0.717, 1.165) is 0 Å². The minimum atomic E-state index is -1.12. The highest BCUT2D eigenvalue weighted by atomic mass is 32.2. The molecule has 1 N–H and O–H groups in total. The number of thioether (sulfide) groups is 1. The highest BCUT2D eigenvalue weighted by molar-refractivity contribution is 7.98. The number of hydrogen-bond donors (Lipinski definition) is 1. The Labute approximate surface area is 79.5 Å². The van der Waals surface area contributed by atoms with Gasteiger partial charge in [0, 0.05) is 0 Å². The molecule has 1 aromatic heterocycles. The molecule has 0 amide bonds. The van der Waals surface area contributed by atoms with Gasteiger partial charge in [0.1, 0.15) is 5.41 Å². The van der Waals surface area contributed by atoms with E-state index in [2.05, 4.69) is 10.2 Å². The van der Waals surface area contributed by atoms with Crippen molar-refractivity contribution in [2.45, 2.75) is 24.5 Å². The Morgan fingerprint density at radius 1 is 1.54 bits per heavy atom. The van der Waals surface area contributed by atoms with Crippen LogP contribution in [0.15, 0.2) is 9.64 Å². The van der Waals surface area contributed by atoms with Gasteiger partial charge in [-0.2, -0.15) is 0 Å². The van der Waals surface area contributed by atoms with Crippen LogP contribution < -0.4 is 0 Å². The van der Waals surface area contributed by atoms with Crippen LogP contribution in [0.1, 0.15) is 19.7 Å². The highest BCUT2D eigenvalue weighted by Crippen LogP contribution is 2.24. The number of carboxylic acids is 1. The Morgan fingerprint density at radius 2 is 2.15 bits per heavy atom. The Morgan fingerprint density at radius 3 is 2.54 bits per heavy atom. The Kier molecular flexibility index (Phi) is 2.60. The van der Waals surface area contributed by atoms with Crippen molar-refractivity contribution in [2.24, 2.45) is 0 Å². The van der Waals surface area contributed by atoms with Gasteiger partial charge < -0.3 is 9.52 Å². The van der Waals surface area contributed by atoms with E-state index in [-0.39, 0.29) is 5.89 Å². The van der Waals surface area contributed by atoms with Crippen LogP contribution in [-0.4, -0.2) is 27.5 Å². The molecule has 0 atom stereocenters. The van der Waals surface area contributed by atoms with E-state index >= 15 is 0 Å². The summed E-state index contributed by atoms with van der Waals surface area (Å²) in [5.41, 5.74) is -1.12. The molecule has 72 valence electrons. The smallest absolute Gasteiger partial charge is 0.318 e. The quantitative estimate of drug-likeness (QED) is 0.741. The molecule has 0 aromatic carbocycles. The summed E-state index contributed by atoms with van der Waals surface area (Å²) >= 11 is 1.28. The maximum Gasteiger partial charge on any atom is 0.318 e. The van der Waals surface area contributed by atoms with E-state index in [1.54, 1.807) is 6.26 Å². The summed E-state index contributed by atoms with van der Waals surface area (Å²) in [5.74, 6) is -0.854. The largest absolute Gasteiger partial charge is 0.480 e. The van der Waals surface area contributed by atoms with Crippen molar-refractivity contribution in [1.82, 2.24) is 10.2 Å². The van der Waals surface area contributed by atoms with Crippen LogP contribution in [-0.2, 0) is 10.2 Å². The van der Waals surface area contributed by atoms with Crippen molar-refractivity contribution in [1.29, 1.82) is 0 Å². The van der Waals surface area contributed by atoms with Crippen molar-refractivity contribution in [3.63, 3.8) is 0 Å². The van der Waals surface area contributed by atoms with Gasteiger partial charge >= 0.3 is 5.97 Å². The third-order valence-corrected chi connectivity index (χ3v) is 2.16. The van der Waals surface area contributed by atoms with Gasteiger partial charge in [-0.15, -0.1) is 10.2 Å². The predicted octanol–water partition coefficient (Wildman–Crippen LogP) is 1.15. The molecule has 1 heterocycles. The van der Waals surface area contributed by atoms with Crippen LogP contribution in [0.4, 0.5) is 0 Å². The molecule has 1 aromatic rings. The van der Waals surface area contributed by atoms with Gasteiger partial charge in [0.05, 0.1) is 0 Å². The second-order valence-corrected chi connectivity index (χ2v) is 3.76. The summed E-state index contributed by atoms with van der Waals surface area (Å²) in [6.45, 7) is 3.04. The summed E-state index contributed by atoms with van der Waals surface area (Å²) in [6.07, 6.45) is 1.78. The molecular weight excluding hydrogens is 192 g/mol. The van der Waals surface area contributed by atoms with Crippen LogP contribution in [0.25, 0.3) is 0 Å². The maximum atomic E-state index is 10.8.